The van der Waals surface area contributed by atoms with Crippen molar-refractivity contribution in [2.45, 2.75) is 32.2 Å². The molecular weight excluding hydrogens is 322 g/mol. The van der Waals surface area contributed by atoms with Crippen molar-refractivity contribution >= 4 is 33.9 Å². The third-order valence-electron chi connectivity index (χ3n) is 2.69. The smallest absolute Gasteiger partial charge is 0.303 e. The molecule has 0 aliphatic rings. The predicted molar refractivity (Wildman–Crippen MR) is 82.3 cm³/mol. The minimum absolute atomic E-state index is 0.0333. The lowest BCUT2D eigenvalue weighted by molar-refractivity contribution is -0.137. The van der Waals surface area contributed by atoms with Gasteiger partial charge in [-0.2, -0.15) is 0 Å². The van der Waals surface area contributed by atoms with E-state index in [-0.39, 0.29) is 18.4 Å². The van der Waals surface area contributed by atoms with Gasteiger partial charge in [0.2, 0.25) is 5.91 Å². The minimum atomic E-state index is -0.807. The third kappa shape index (κ3) is 7.09. The summed E-state index contributed by atoms with van der Waals surface area (Å²) in [6, 6.07) is 7.61. The first-order valence-corrected chi connectivity index (χ1v) is 7.22. The molecule has 0 saturated carbocycles. The highest BCUT2D eigenvalue weighted by atomic mass is 79.9. The van der Waals surface area contributed by atoms with E-state index in [2.05, 4.69) is 21.2 Å². The van der Waals surface area contributed by atoms with Crippen LogP contribution in [0.25, 0.3) is 6.08 Å². The minimum Gasteiger partial charge on any atom is -0.481 e. The standard InChI is InChI=1S/C15H18BrNO3/c1-11(4-2-7-15(19)20)17-14(18)9-8-12-5-3-6-13(16)10-12/h3,5-6,8-11H,2,4,7H2,1H3,(H,17,18)(H,19,20)/b9-8+. The molecule has 5 heteroatoms. The van der Waals surface area contributed by atoms with Gasteiger partial charge < -0.3 is 10.4 Å². The molecule has 0 spiro atoms. The van der Waals surface area contributed by atoms with Gasteiger partial charge in [-0.05, 0) is 43.5 Å². The number of nitrogens with one attached hydrogen (secondary N) is 1. The van der Waals surface area contributed by atoms with Crippen molar-refractivity contribution < 1.29 is 14.7 Å². The van der Waals surface area contributed by atoms with Gasteiger partial charge in [0.25, 0.3) is 0 Å². The van der Waals surface area contributed by atoms with E-state index in [0.29, 0.717) is 12.8 Å². The Kier molecular flexibility index (Phi) is 7.01. The fourth-order valence-electron chi connectivity index (χ4n) is 1.70. The molecule has 0 fully saturated rings. The summed E-state index contributed by atoms with van der Waals surface area (Å²) in [5.74, 6) is -0.981. The predicted octanol–water partition coefficient (Wildman–Crippen LogP) is 3.22. The van der Waals surface area contributed by atoms with Crippen molar-refractivity contribution in [3.8, 4) is 0 Å². The first-order valence-electron chi connectivity index (χ1n) is 6.43. The first-order chi connectivity index (χ1) is 9.47. The Bertz CT molecular complexity index is 500. The number of carbonyl (C=O) groups excluding carboxylic acids is 1. The molecule has 2 N–H and O–H groups in total. The second kappa shape index (κ2) is 8.53. The maximum absolute atomic E-state index is 11.7. The fraction of sp³-hybridized carbons (Fsp3) is 0.333. The summed E-state index contributed by atoms with van der Waals surface area (Å²) >= 11 is 3.37. The van der Waals surface area contributed by atoms with Crippen molar-refractivity contribution in [1.82, 2.24) is 5.32 Å². The zero-order chi connectivity index (χ0) is 15.0. The molecule has 1 aromatic carbocycles. The van der Waals surface area contributed by atoms with Crippen molar-refractivity contribution in [1.29, 1.82) is 0 Å². The number of hydrogen-bond acceptors (Lipinski definition) is 2. The van der Waals surface area contributed by atoms with Crippen molar-refractivity contribution in [3.05, 3.63) is 40.4 Å². The van der Waals surface area contributed by atoms with Gasteiger partial charge >= 0.3 is 5.97 Å². The van der Waals surface area contributed by atoms with Crippen molar-refractivity contribution in [2.75, 3.05) is 0 Å². The lowest BCUT2D eigenvalue weighted by atomic mass is 10.1. The fourth-order valence-corrected chi connectivity index (χ4v) is 2.12. The van der Waals surface area contributed by atoms with Gasteiger partial charge in [-0.25, -0.2) is 0 Å². The second-order valence-corrected chi connectivity index (χ2v) is 5.50. The molecule has 0 aliphatic carbocycles. The molecule has 1 rings (SSSR count). The number of hydrogen-bond donors (Lipinski definition) is 2. The van der Waals surface area contributed by atoms with Crippen LogP contribution in [0.2, 0.25) is 0 Å². The van der Waals surface area contributed by atoms with E-state index < -0.39 is 5.97 Å². The molecule has 0 radical (unpaired) electrons. The first kappa shape index (κ1) is 16.4. The Morgan fingerprint density at radius 3 is 2.85 bits per heavy atom. The molecule has 20 heavy (non-hydrogen) atoms. The summed E-state index contributed by atoms with van der Waals surface area (Å²) in [6.45, 7) is 1.87. The lowest BCUT2D eigenvalue weighted by Gasteiger charge is -2.11. The highest BCUT2D eigenvalue weighted by Gasteiger charge is 2.05. The molecular formula is C15H18BrNO3. The Morgan fingerprint density at radius 1 is 1.45 bits per heavy atom. The topological polar surface area (TPSA) is 66.4 Å². The maximum atomic E-state index is 11.7. The molecule has 1 atom stereocenters. The number of aliphatic carboxylic acids is 1. The number of benzene rings is 1. The number of halogens is 1. The number of rotatable bonds is 7. The van der Waals surface area contributed by atoms with Gasteiger partial charge in [-0.15, -0.1) is 0 Å². The third-order valence-corrected chi connectivity index (χ3v) is 3.19. The van der Waals surface area contributed by atoms with Gasteiger partial charge in [0.1, 0.15) is 0 Å². The van der Waals surface area contributed by atoms with Crippen LogP contribution in [0.3, 0.4) is 0 Å². The lowest BCUT2D eigenvalue weighted by Crippen LogP contribution is -2.31. The molecule has 4 nitrogen and oxygen atoms in total. The van der Waals surface area contributed by atoms with Gasteiger partial charge in [0, 0.05) is 23.0 Å². The second-order valence-electron chi connectivity index (χ2n) is 4.58. The zero-order valence-corrected chi connectivity index (χ0v) is 12.9. The summed E-state index contributed by atoms with van der Waals surface area (Å²) in [4.78, 5) is 22.1. The molecule has 1 amide bonds. The quantitative estimate of drug-likeness (QED) is 0.749. The highest BCUT2D eigenvalue weighted by molar-refractivity contribution is 9.10. The summed E-state index contributed by atoms with van der Waals surface area (Å²) in [7, 11) is 0. The van der Waals surface area contributed by atoms with Crippen LogP contribution in [0, 0.1) is 0 Å². The SMILES string of the molecule is CC(CCCC(=O)O)NC(=O)/C=C/c1cccc(Br)c1. The van der Waals surface area contributed by atoms with E-state index in [0.717, 1.165) is 10.0 Å². The van der Waals surface area contributed by atoms with Gasteiger partial charge in [0.15, 0.2) is 0 Å². The van der Waals surface area contributed by atoms with Crippen LogP contribution in [-0.4, -0.2) is 23.0 Å². The van der Waals surface area contributed by atoms with Crippen LogP contribution < -0.4 is 5.32 Å². The van der Waals surface area contributed by atoms with E-state index in [4.69, 9.17) is 5.11 Å². The van der Waals surface area contributed by atoms with Crippen LogP contribution in [0.1, 0.15) is 31.7 Å². The molecule has 0 aliphatic heterocycles. The molecule has 108 valence electrons. The van der Waals surface area contributed by atoms with E-state index in [1.54, 1.807) is 6.08 Å². The zero-order valence-electron chi connectivity index (χ0n) is 11.3. The van der Waals surface area contributed by atoms with E-state index in [1.165, 1.54) is 6.08 Å². The largest absolute Gasteiger partial charge is 0.481 e. The van der Waals surface area contributed by atoms with E-state index in [1.807, 2.05) is 31.2 Å². The average molecular weight is 340 g/mol. The van der Waals surface area contributed by atoms with E-state index >= 15 is 0 Å². The molecule has 0 saturated heterocycles. The number of carbonyl (C=O) groups is 2. The maximum Gasteiger partial charge on any atom is 0.303 e. The number of carboxylic acid groups (broad SMARTS) is 1. The molecule has 0 aromatic heterocycles. The van der Waals surface area contributed by atoms with Crippen LogP contribution >= 0.6 is 15.9 Å². The van der Waals surface area contributed by atoms with Crippen LogP contribution in [0.15, 0.2) is 34.8 Å². The van der Waals surface area contributed by atoms with E-state index in [9.17, 15) is 9.59 Å². The van der Waals surface area contributed by atoms with Gasteiger partial charge in [0.05, 0.1) is 0 Å². The van der Waals surface area contributed by atoms with Gasteiger partial charge in [-0.1, -0.05) is 28.1 Å². The van der Waals surface area contributed by atoms with Gasteiger partial charge in [-0.3, -0.25) is 9.59 Å². The summed E-state index contributed by atoms with van der Waals surface area (Å²) in [5, 5.41) is 11.3. The average Bonchev–Trinajstić information content (AvgIpc) is 2.36. The Balaban J connectivity index is 2.37. The normalized spacial score (nSPS) is 12.3. The Labute approximate surface area is 127 Å². The van der Waals surface area contributed by atoms with Crippen LogP contribution in [0.5, 0.6) is 0 Å². The Morgan fingerprint density at radius 2 is 2.20 bits per heavy atom. The van der Waals surface area contributed by atoms with Crippen LogP contribution in [0.4, 0.5) is 0 Å². The van der Waals surface area contributed by atoms with Crippen molar-refractivity contribution in [3.63, 3.8) is 0 Å². The molecule has 1 unspecified atom stereocenters. The summed E-state index contributed by atoms with van der Waals surface area (Å²) in [5.41, 5.74) is 0.938. The summed E-state index contributed by atoms with van der Waals surface area (Å²) in [6.07, 6.45) is 4.57. The van der Waals surface area contributed by atoms with Crippen LogP contribution in [-0.2, 0) is 9.59 Å². The summed E-state index contributed by atoms with van der Waals surface area (Å²) < 4.78 is 0.960. The highest BCUT2D eigenvalue weighted by Crippen LogP contribution is 2.12. The molecule has 0 heterocycles. The Hall–Kier alpha value is -1.62. The molecule has 1 aromatic rings. The monoisotopic (exact) mass is 339 g/mol. The van der Waals surface area contributed by atoms with Crippen molar-refractivity contribution in [2.24, 2.45) is 0 Å². The number of carboxylic acids is 1. The number of amides is 1. The molecule has 0 bridgehead atoms.